The molecule has 0 atom stereocenters. The highest BCUT2D eigenvalue weighted by Crippen LogP contribution is 2.36. The summed E-state index contributed by atoms with van der Waals surface area (Å²) in [5, 5.41) is 9.96. The van der Waals surface area contributed by atoms with E-state index in [2.05, 4.69) is 20.5 Å². The highest BCUT2D eigenvalue weighted by Gasteiger charge is 2.18. The summed E-state index contributed by atoms with van der Waals surface area (Å²) in [6, 6.07) is 19.2. The molecule has 0 fully saturated rings. The first-order valence-electron chi connectivity index (χ1n) is 9.25. The third-order valence-electron chi connectivity index (χ3n) is 4.48. The van der Waals surface area contributed by atoms with E-state index in [0.29, 0.717) is 22.3 Å². The predicted octanol–water partition coefficient (Wildman–Crippen LogP) is 4.15. The van der Waals surface area contributed by atoms with Crippen LogP contribution in [0.1, 0.15) is 15.5 Å². The van der Waals surface area contributed by atoms with Gasteiger partial charge in [-0.15, -0.1) is 11.3 Å². The second-order valence-corrected chi connectivity index (χ2v) is 7.44. The van der Waals surface area contributed by atoms with Gasteiger partial charge in [0.1, 0.15) is 22.2 Å². The van der Waals surface area contributed by atoms with Crippen LogP contribution in [0.5, 0.6) is 11.5 Å². The minimum atomic E-state index is -0.221. The monoisotopic (exact) mass is 420 g/mol. The number of methoxy groups -OCH3 is 2. The fourth-order valence-corrected chi connectivity index (χ4v) is 3.96. The highest BCUT2D eigenvalue weighted by molar-refractivity contribution is 7.17. The molecule has 1 amide bonds. The van der Waals surface area contributed by atoms with E-state index in [4.69, 9.17) is 9.47 Å². The molecule has 0 bridgehead atoms. The molecule has 8 heteroatoms. The number of rotatable bonds is 7. The Bertz CT molecular complexity index is 1140. The lowest BCUT2D eigenvalue weighted by atomic mass is 10.2. The second-order valence-electron chi connectivity index (χ2n) is 6.39. The van der Waals surface area contributed by atoms with Crippen LogP contribution in [-0.4, -0.2) is 35.3 Å². The molecule has 0 aliphatic carbocycles. The molecule has 0 saturated carbocycles. The van der Waals surface area contributed by atoms with Gasteiger partial charge in [-0.2, -0.15) is 5.10 Å². The summed E-state index contributed by atoms with van der Waals surface area (Å²) in [6.07, 6.45) is 0. The summed E-state index contributed by atoms with van der Waals surface area (Å²) in [7, 11) is 3.18. The first kappa shape index (κ1) is 19.7. The molecule has 4 rings (SSSR count). The van der Waals surface area contributed by atoms with Crippen molar-refractivity contribution in [3.63, 3.8) is 0 Å². The van der Waals surface area contributed by atoms with Crippen LogP contribution in [0.15, 0.2) is 60.7 Å². The van der Waals surface area contributed by atoms with Crippen molar-refractivity contribution in [1.29, 1.82) is 0 Å². The fourth-order valence-electron chi connectivity index (χ4n) is 2.92. The molecule has 0 aliphatic rings. The molecule has 30 heavy (non-hydrogen) atoms. The lowest BCUT2D eigenvalue weighted by Gasteiger charge is -2.03. The number of nitrogens with zero attached hydrogens (tertiary/aromatic N) is 2. The van der Waals surface area contributed by atoms with Gasteiger partial charge >= 0.3 is 0 Å². The minimum absolute atomic E-state index is 0.221. The van der Waals surface area contributed by atoms with Crippen molar-refractivity contribution in [3.8, 4) is 33.3 Å². The highest BCUT2D eigenvalue weighted by atomic mass is 32.1. The summed E-state index contributed by atoms with van der Waals surface area (Å²) < 4.78 is 10.6. The Balaban J connectivity index is 1.45. The van der Waals surface area contributed by atoms with E-state index in [1.165, 1.54) is 11.3 Å². The number of hydrogen-bond acceptors (Lipinski definition) is 6. The first-order chi connectivity index (χ1) is 14.7. The lowest BCUT2D eigenvalue weighted by Crippen LogP contribution is -2.22. The summed E-state index contributed by atoms with van der Waals surface area (Å²) in [5.41, 5.74) is 1.90. The molecule has 2 aromatic heterocycles. The number of aromatic nitrogens is 3. The van der Waals surface area contributed by atoms with Gasteiger partial charge in [0, 0.05) is 10.4 Å². The van der Waals surface area contributed by atoms with Crippen molar-refractivity contribution in [1.82, 2.24) is 20.5 Å². The largest absolute Gasteiger partial charge is 0.497 e. The number of nitrogens with one attached hydrogen (secondary N) is 2. The molecule has 4 aromatic rings. The third-order valence-corrected chi connectivity index (χ3v) is 5.64. The van der Waals surface area contributed by atoms with Crippen molar-refractivity contribution in [2.24, 2.45) is 0 Å². The first-order valence-corrected chi connectivity index (χ1v) is 10.1. The van der Waals surface area contributed by atoms with Gasteiger partial charge in [0.25, 0.3) is 5.91 Å². The van der Waals surface area contributed by atoms with Gasteiger partial charge in [-0.25, -0.2) is 4.98 Å². The molecule has 0 unspecified atom stereocenters. The van der Waals surface area contributed by atoms with Crippen molar-refractivity contribution in [2.45, 2.75) is 6.54 Å². The number of thiophene rings is 1. The maximum atomic E-state index is 12.7. The Morgan fingerprint density at radius 3 is 2.50 bits per heavy atom. The van der Waals surface area contributed by atoms with Crippen molar-refractivity contribution >= 4 is 17.2 Å². The number of H-pyrrole nitrogens is 1. The SMILES string of the molecule is COc1ccc(-c2n[nH]c(CNC(=O)c3sc(-c4ccccc4)cc3OC)n2)cc1. The fraction of sp³-hybridized carbons (Fsp3) is 0.136. The molecule has 7 nitrogen and oxygen atoms in total. The number of ether oxygens (including phenoxy) is 2. The Morgan fingerprint density at radius 1 is 1.03 bits per heavy atom. The maximum Gasteiger partial charge on any atom is 0.265 e. The van der Waals surface area contributed by atoms with E-state index >= 15 is 0 Å². The van der Waals surface area contributed by atoms with Crippen LogP contribution in [0.4, 0.5) is 0 Å². The van der Waals surface area contributed by atoms with E-state index in [9.17, 15) is 4.79 Å². The molecule has 0 aliphatic heterocycles. The normalized spacial score (nSPS) is 10.6. The summed E-state index contributed by atoms with van der Waals surface area (Å²) in [6.45, 7) is 0.226. The Kier molecular flexibility index (Phi) is 5.76. The summed E-state index contributed by atoms with van der Waals surface area (Å²) >= 11 is 1.39. The molecule has 0 spiro atoms. The minimum Gasteiger partial charge on any atom is -0.497 e. The van der Waals surface area contributed by atoms with E-state index in [0.717, 1.165) is 21.8 Å². The number of carbonyl (C=O) groups is 1. The maximum absolute atomic E-state index is 12.7. The molecular formula is C22H20N4O3S. The van der Waals surface area contributed by atoms with E-state index in [1.54, 1.807) is 14.2 Å². The average Bonchev–Trinajstić information content (AvgIpc) is 3.45. The van der Waals surface area contributed by atoms with E-state index in [1.807, 2.05) is 60.7 Å². The average molecular weight is 420 g/mol. The molecule has 2 heterocycles. The third kappa shape index (κ3) is 4.18. The molecule has 2 N–H and O–H groups in total. The zero-order chi connectivity index (χ0) is 20.9. The Morgan fingerprint density at radius 2 is 1.80 bits per heavy atom. The number of benzene rings is 2. The number of hydrogen-bond donors (Lipinski definition) is 2. The quantitative estimate of drug-likeness (QED) is 0.469. The molecule has 0 saturated heterocycles. The zero-order valence-corrected chi connectivity index (χ0v) is 17.3. The molecular weight excluding hydrogens is 400 g/mol. The zero-order valence-electron chi connectivity index (χ0n) is 16.5. The van der Waals surface area contributed by atoms with Crippen LogP contribution >= 0.6 is 11.3 Å². The standard InChI is InChI=1S/C22H20N4O3S/c1-28-16-10-8-15(9-11-16)21-24-19(25-26-21)13-23-22(27)20-17(29-2)12-18(30-20)14-6-4-3-5-7-14/h3-12H,13H2,1-2H3,(H,23,27)(H,24,25,26). The molecule has 152 valence electrons. The second kappa shape index (κ2) is 8.79. The Labute approximate surface area is 177 Å². The number of amides is 1. The molecule has 0 radical (unpaired) electrons. The van der Waals surface area contributed by atoms with E-state index < -0.39 is 0 Å². The van der Waals surface area contributed by atoms with E-state index in [-0.39, 0.29) is 12.5 Å². The predicted molar refractivity (Wildman–Crippen MR) is 116 cm³/mol. The summed E-state index contributed by atoms with van der Waals surface area (Å²) in [4.78, 5) is 18.7. The number of aromatic amines is 1. The Hall–Kier alpha value is -3.65. The van der Waals surface area contributed by atoms with Crippen LogP contribution in [0, 0.1) is 0 Å². The van der Waals surface area contributed by atoms with Gasteiger partial charge in [-0.05, 0) is 35.9 Å². The van der Waals surface area contributed by atoms with Crippen molar-refractivity contribution < 1.29 is 14.3 Å². The van der Waals surface area contributed by atoms with Crippen LogP contribution in [0.3, 0.4) is 0 Å². The van der Waals surface area contributed by atoms with Gasteiger partial charge in [0.05, 0.1) is 20.8 Å². The molecule has 2 aromatic carbocycles. The van der Waals surface area contributed by atoms with Crippen LogP contribution in [-0.2, 0) is 6.54 Å². The smallest absolute Gasteiger partial charge is 0.265 e. The van der Waals surface area contributed by atoms with Crippen molar-refractivity contribution in [2.75, 3.05) is 14.2 Å². The van der Waals surface area contributed by atoms with Crippen molar-refractivity contribution in [3.05, 3.63) is 71.4 Å². The van der Waals surface area contributed by atoms with Crippen LogP contribution in [0.25, 0.3) is 21.8 Å². The van der Waals surface area contributed by atoms with Crippen LogP contribution in [0.2, 0.25) is 0 Å². The topological polar surface area (TPSA) is 89.1 Å². The van der Waals surface area contributed by atoms with Gasteiger partial charge in [0.15, 0.2) is 5.82 Å². The van der Waals surface area contributed by atoms with Crippen LogP contribution < -0.4 is 14.8 Å². The van der Waals surface area contributed by atoms with Gasteiger partial charge in [-0.3, -0.25) is 9.89 Å². The van der Waals surface area contributed by atoms with Gasteiger partial charge < -0.3 is 14.8 Å². The lowest BCUT2D eigenvalue weighted by molar-refractivity contribution is 0.0951. The van der Waals surface area contributed by atoms with Gasteiger partial charge in [0.2, 0.25) is 0 Å². The summed E-state index contributed by atoms with van der Waals surface area (Å²) in [5.74, 6) is 2.21. The number of carbonyl (C=O) groups excluding carboxylic acids is 1. The van der Waals surface area contributed by atoms with Gasteiger partial charge in [-0.1, -0.05) is 30.3 Å².